The second kappa shape index (κ2) is 6.05. The lowest BCUT2D eigenvalue weighted by Crippen LogP contribution is -2.44. The molecular formula is C10H20N2O3. The first-order valence-corrected chi connectivity index (χ1v) is 5.38. The highest BCUT2D eigenvalue weighted by Gasteiger charge is 2.19. The van der Waals surface area contributed by atoms with E-state index in [9.17, 15) is 4.79 Å². The van der Waals surface area contributed by atoms with Gasteiger partial charge in [-0.05, 0) is 26.3 Å². The van der Waals surface area contributed by atoms with E-state index in [0.717, 1.165) is 26.0 Å². The standard InChI is InChI=1S/C10H20N2O3/c1-12(7-9(11)10(13)14)6-8-4-2-3-5-15-8/h8-9H,2-7,11H2,1H3,(H,13,14). The summed E-state index contributed by atoms with van der Waals surface area (Å²) in [6.07, 6.45) is 3.63. The molecule has 1 aliphatic rings. The van der Waals surface area contributed by atoms with Crippen molar-refractivity contribution in [2.24, 2.45) is 5.73 Å². The summed E-state index contributed by atoms with van der Waals surface area (Å²) in [5, 5.41) is 8.65. The van der Waals surface area contributed by atoms with Crippen molar-refractivity contribution in [3.63, 3.8) is 0 Å². The van der Waals surface area contributed by atoms with Gasteiger partial charge in [0.25, 0.3) is 0 Å². The Morgan fingerprint density at radius 3 is 2.93 bits per heavy atom. The third kappa shape index (κ3) is 4.59. The maximum atomic E-state index is 10.5. The number of likely N-dealkylation sites (N-methyl/N-ethyl adjacent to an activating group) is 1. The Hall–Kier alpha value is -0.650. The third-order valence-corrected chi connectivity index (χ3v) is 2.61. The number of rotatable bonds is 5. The van der Waals surface area contributed by atoms with E-state index in [1.165, 1.54) is 6.42 Å². The molecule has 1 rings (SSSR count). The molecule has 5 nitrogen and oxygen atoms in total. The van der Waals surface area contributed by atoms with Gasteiger partial charge in [-0.15, -0.1) is 0 Å². The van der Waals surface area contributed by atoms with Crippen molar-refractivity contribution < 1.29 is 14.6 Å². The van der Waals surface area contributed by atoms with Crippen molar-refractivity contribution in [3.05, 3.63) is 0 Å². The summed E-state index contributed by atoms with van der Waals surface area (Å²) >= 11 is 0. The second-order valence-corrected chi connectivity index (χ2v) is 4.15. The van der Waals surface area contributed by atoms with Gasteiger partial charge in [-0.25, -0.2) is 0 Å². The molecule has 0 aliphatic carbocycles. The molecule has 1 heterocycles. The van der Waals surface area contributed by atoms with E-state index < -0.39 is 12.0 Å². The van der Waals surface area contributed by atoms with Crippen molar-refractivity contribution in [1.29, 1.82) is 0 Å². The minimum absolute atomic E-state index is 0.241. The van der Waals surface area contributed by atoms with Gasteiger partial charge in [-0.1, -0.05) is 0 Å². The van der Waals surface area contributed by atoms with Crippen LogP contribution in [-0.4, -0.2) is 54.9 Å². The summed E-state index contributed by atoms with van der Waals surface area (Å²) in [6.45, 7) is 1.96. The highest BCUT2D eigenvalue weighted by Crippen LogP contribution is 2.13. The van der Waals surface area contributed by atoms with Crippen LogP contribution < -0.4 is 5.73 Å². The smallest absolute Gasteiger partial charge is 0.321 e. The molecule has 0 bridgehead atoms. The predicted octanol–water partition coefficient (Wildman–Crippen LogP) is -0.101. The lowest BCUT2D eigenvalue weighted by atomic mass is 10.1. The molecule has 5 heteroatoms. The van der Waals surface area contributed by atoms with E-state index in [2.05, 4.69) is 0 Å². The van der Waals surface area contributed by atoms with Crippen molar-refractivity contribution in [3.8, 4) is 0 Å². The van der Waals surface area contributed by atoms with Gasteiger partial charge in [0.2, 0.25) is 0 Å². The van der Waals surface area contributed by atoms with E-state index in [0.29, 0.717) is 6.54 Å². The van der Waals surface area contributed by atoms with Crippen LogP contribution in [0.15, 0.2) is 0 Å². The molecule has 1 saturated heterocycles. The zero-order chi connectivity index (χ0) is 11.3. The van der Waals surface area contributed by atoms with Crippen LogP contribution in [0.4, 0.5) is 0 Å². The van der Waals surface area contributed by atoms with Crippen LogP contribution in [0.25, 0.3) is 0 Å². The molecule has 2 unspecified atom stereocenters. The topological polar surface area (TPSA) is 75.8 Å². The molecule has 0 aromatic rings. The Labute approximate surface area is 90.2 Å². The normalized spacial score (nSPS) is 24.1. The monoisotopic (exact) mass is 216 g/mol. The first-order chi connectivity index (χ1) is 7.09. The van der Waals surface area contributed by atoms with Crippen LogP contribution in [-0.2, 0) is 9.53 Å². The van der Waals surface area contributed by atoms with E-state index in [1.54, 1.807) is 0 Å². The molecule has 0 aromatic carbocycles. The molecule has 88 valence electrons. The van der Waals surface area contributed by atoms with Crippen LogP contribution in [0, 0.1) is 0 Å². The maximum Gasteiger partial charge on any atom is 0.321 e. The number of nitrogens with zero attached hydrogens (tertiary/aromatic N) is 1. The van der Waals surface area contributed by atoms with Gasteiger partial charge < -0.3 is 20.5 Å². The molecular weight excluding hydrogens is 196 g/mol. The Bertz CT molecular complexity index is 205. The van der Waals surface area contributed by atoms with E-state index >= 15 is 0 Å². The van der Waals surface area contributed by atoms with Gasteiger partial charge >= 0.3 is 5.97 Å². The van der Waals surface area contributed by atoms with Crippen LogP contribution >= 0.6 is 0 Å². The highest BCUT2D eigenvalue weighted by atomic mass is 16.5. The van der Waals surface area contributed by atoms with E-state index in [4.69, 9.17) is 15.6 Å². The summed E-state index contributed by atoms with van der Waals surface area (Å²) in [6, 6.07) is -0.807. The molecule has 0 aromatic heterocycles. The minimum Gasteiger partial charge on any atom is -0.480 e. The molecule has 1 aliphatic heterocycles. The van der Waals surface area contributed by atoms with Crippen LogP contribution in [0.1, 0.15) is 19.3 Å². The lowest BCUT2D eigenvalue weighted by Gasteiger charge is -2.28. The largest absolute Gasteiger partial charge is 0.480 e. The van der Waals surface area contributed by atoms with Gasteiger partial charge in [0.05, 0.1) is 6.10 Å². The first kappa shape index (κ1) is 12.4. The minimum atomic E-state index is -0.952. The van der Waals surface area contributed by atoms with Crippen molar-refractivity contribution in [2.75, 3.05) is 26.7 Å². The SMILES string of the molecule is CN(CC1CCCCO1)CC(N)C(=O)O. The zero-order valence-corrected chi connectivity index (χ0v) is 9.19. The van der Waals surface area contributed by atoms with Crippen molar-refractivity contribution in [1.82, 2.24) is 4.90 Å². The average molecular weight is 216 g/mol. The summed E-state index contributed by atoms with van der Waals surface area (Å²) in [7, 11) is 1.88. The van der Waals surface area contributed by atoms with Crippen molar-refractivity contribution in [2.45, 2.75) is 31.4 Å². The fourth-order valence-electron chi connectivity index (χ4n) is 1.79. The third-order valence-electron chi connectivity index (χ3n) is 2.61. The first-order valence-electron chi connectivity index (χ1n) is 5.38. The van der Waals surface area contributed by atoms with Gasteiger partial charge in [-0.2, -0.15) is 0 Å². The molecule has 15 heavy (non-hydrogen) atoms. The quantitative estimate of drug-likeness (QED) is 0.671. The molecule has 0 radical (unpaired) electrons. The fourth-order valence-corrected chi connectivity index (χ4v) is 1.79. The Morgan fingerprint density at radius 2 is 2.40 bits per heavy atom. The molecule has 0 amide bonds. The number of carboxylic acid groups (broad SMARTS) is 1. The number of ether oxygens (including phenoxy) is 1. The predicted molar refractivity (Wildman–Crippen MR) is 56.7 cm³/mol. The van der Waals surface area contributed by atoms with Gasteiger partial charge in [0.15, 0.2) is 0 Å². The number of carbonyl (C=O) groups is 1. The van der Waals surface area contributed by atoms with E-state index in [1.807, 2.05) is 11.9 Å². The molecule has 1 fully saturated rings. The average Bonchev–Trinajstić information content (AvgIpc) is 2.18. The van der Waals surface area contributed by atoms with Crippen molar-refractivity contribution >= 4 is 5.97 Å². The fraction of sp³-hybridized carbons (Fsp3) is 0.900. The summed E-state index contributed by atoms with van der Waals surface area (Å²) < 4.78 is 5.56. The lowest BCUT2D eigenvalue weighted by molar-refractivity contribution is -0.139. The number of carboxylic acids is 1. The second-order valence-electron chi connectivity index (χ2n) is 4.15. The summed E-state index contributed by atoms with van der Waals surface area (Å²) in [4.78, 5) is 12.5. The Morgan fingerprint density at radius 1 is 1.67 bits per heavy atom. The summed E-state index contributed by atoms with van der Waals surface area (Å²) in [5.41, 5.74) is 5.44. The van der Waals surface area contributed by atoms with Gasteiger partial charge in [-0.3, -0.25) is 4.79 Å². The number of hydrogen-bond donors (Lipinski definition) is 2. The summed E-state index contributed by atoms with van der Waals surface area (Å²) in [5.74, 6) is -0.952. The van der Waals surface area contributed by atoms with Crippen LogP contribution in [0.3, 0.4) is 0 Å². The maximum absolute atomic E-state index is 10.5. The Balaban J connectivity index is 2.22. The van der Waals surface area contributed by atoms with Crippen LogP contribution in [0.5, 0.6) is 0 Å². The number of nitrogens with two attached hydrogens (primary N) is 1. The zero-order valence-electron chi connectivity index (χ0n) is 9.19. The molecule has 2 atom stereocenters. The van der Waals surface area contributed by atoms with Gasteiger partial charge in [0.1, 0.15) is 6.04 Å². The Kier molecular flexibility index (Phi) is 5.01. The number of hydrogen-bond acceptors (Lipinski definition) is 4. The molecule has 0 saturated carbocycles. The molecule has 0 spiro atoms. The van der Waals surface area contributed by atoms with E-state index in [-0.39, 0.29) is 6.10 Å². The number of aliphatic carboxylic acids is 1. The van der Waals surface area contributed by atoms with Crippen LogP contribution in [0.2, 0.25) is 0 Å². The van der Waals surface area contributed by atoms with Gasteiger partial charge in [0, 0.05) is 19.7 Å². The molecule has 3 N–H and O–H groups in total. The highest BCUT2D eigenvalue weighted by molar-refractivity contribution is 5.73.